The maximum Gasteiger partial charge on any atom is 0.233 e. The molecule has 3 fully saturated rings. The molecule has 5 aliphatic rings. The van der Waals surface area contributed by atoms with Gasteiger partial charge in [-0.05, 0) is 42.2 Å². The fourth-order valence-corrected chi connectivity index (χ4v) is 5.44. The van der Waals surface area contributed by atoms with Crippen molar-refractivity contribution in [2.24, 2.45) is 35.5 Å². The lowest BCUT2D eigenvalue weighted by molar-refractivity contribution is -0.140. The number of aromatic hydroxyl groups is 1. The van der Waals surface area contributed by atoms with E-state index in [-0.39, 0.29) is 65.8 Å². The van der Waals surface area contributed by atoms with Crippen molar-refractivity contribution in [3.8, 4) is 5.75 Å². The lowest BCUT2D eigenvalue weighted by Gasteiger charge is -2.37. The van der Waals surface area contributed by atoms with Gasteiger partial charge in [0, 0.05) is 24.1 Å². The van der Waals surface area contributed by atoms with Gasteiger partial charge in [0.2, 0.25) is 17.7 Å². The van der Waals surface area contributed by atoms with Gasteiger partial charge in [0.05, 0.1) is 17.5 Å². The number of phenols is 1. The van der Waals surface area contributed by atoms with E-state index in [0.717, 1.165) is 6.42 Å². The summed E-state index contributed by atoms with van der Waals surface area (Å²) in [5.74, 6) is 0.276. The smallest absolute Gasteiger partial charge is 0.233 e. The fourth-order valence-electron chi connectivity index (χ4n) is 5.28. The van der Waals surface area contributed by atoms with Crippen molar-refractivity contribution >= 4 is 35.0 Å². The number of imide groups is 1. The summed E-state index contributed by atoms with van der Waals surface area (Å²) < 4.78 is 0. The van der Waals surface area contributed by atoms with Crippen molar-refractivity contribution < 1.29 is 19.5 Å². The molecule has 1 saturated heterocycles. The molecule has 4 aliphatic carbocycles. The first kappa shape index (κ1) is 16.8. The molecular weight excluding hydrogens is 368 g/mol. The van der Waals surface area contributed by atoms with E-state index in [1.807, 2.05) is 0 Å². The van der Waals surface area contributed by atoms with Crippen LogP contribution < -0.4 is 5.32 Å². The predicted octanol–water partition coefficient (Wildman–Crippen LogP) is 2.43. The molecule has 7 heteroatoms. The van der Waals surface area contributed by atoms with Crippen LogP contribution in [0.4, 0.5) is 5.69 Å². The normalized spacial score (nSPS) is 35.2. The molecule has 0 unspecified atom stereocenters. The summed E-state index contributed by atoms with van der Waals surface area (Å²) in [6, 6.07) is 4.40. The summed E-state index contributed by atoms with van der Waals surface area (Å²) in [6.07, 6.45) is 5.38. The van der Waals surface area contributed by atoms with Gasteiger partial charge < -0.3 is 10.4 Å². The minimum atomic E-state index is -0.368. The number of phenolic OH excluding ortho intramolecular Hbond substituents is 1. The van der Waals surface area contributed by atoms with Gasteiger partial charge in [0.1, 0.15) is 5.75 Å². The number of allylic oxidation sites excluding steroid dienone is 2. The second kappa shape index (κ2) is 5.83. The molecule has 0 radical (unpaired) electrons. The summed E-state index contributed by atoms with van der Waals surface area (Å²) in [7, 11) is 0. The minimum absolute atomic E-state index is 0.00535. The maximum atomic E-state index is 12.9. The quantitative estimate of drug-likeness (QED) is 0.472. The largest absolute Gasteiger partial charge is 0.506 e. The van der Waals surface area contributed by atoms with E-state index in [2.05, 4.69) is 17.5 Å². The molecule has 2 bridgehead atoms. The van der Waals surface area contributed by atoms with E-state index in [4.69, 9.17) is 11.6 Å². The highest BCUT2D eigenvalue weighted by atomic mass is 35.5. The molecular formula is C20H19ClN2O4. The number of likely N-dealkylation sites (tertiary alicyclic amines) is 1. The van der Waals surface area contributed by atoms with Crippen LogP contribution in [-0.2, 0) is 14.4 Å². The number of nitrogens with one attached hydrogen (secondary N) is 1. The first-order valence-corrected chi connectivity index (χ1v) is 9.65. The second-order valence-corrected chi connectivity index (χ2v) is 8.38. The van der Waals surface area contributed by atoms with E-state index in [1.165, 1.54) is 17.0 Å². The Morgan fingerprint density at radius 1 is 1.15 bits per heavy atom. The predicted molar refractivity (Wildman–Crippen MR) is 97.8 cm³/mol. The van der Waals surface area contributed by atoms with Gasteiger partial charge in [0.25, 0.3) is 0 Å². The van der Waals surface area contributed by atoms with Crippen molar-refractivity contribution in [1.82, 2.24) is 4.90 Å². The number of benzene rings is 1. The molecule has 2 N–H and O–H groups in total. The summed E-state index contributed by atoms with van der Waals surface area (Å²) in [4.78, 5) is 39.2. The van der Waals surface area contributed by atoms with Crippen molar-refractivity contribution in [2.45, 2.75) is 12.8 Å². The summed E-state index contributed by atoms with van der Waals surface area (Å²) >= 11 is 5.78. The van der Waals surface area contributed by atoms with Gasteiger partial charge in [-0.25, -0.2) is 0 Å². The standard InChI is InChI=1S/C20H19ClN2O4/c21-9-1-4-14(15(24)7-9)22-16(25)5-6-23-19(26)17-10-2-3-11(13-8-12(10)13)18(17)20(23)27/h1-4,7,10-13,17-18,24H,5-6,8H2,(H,22,25)/t10-,11-,12-,13-,17-,18+/m1/s1. The number of hydrogen-bond donors (Lipinski definition) is 2. The molecule has 6 atom stereocenters. The molecule has 1 aliphatic heterocycles. The van der Waals surface area contributed by atoms with Crippen molar-refractivity contribution in [1.29, 1.82) is 0 Å². The molecule has 2 saturated carbocycles. The number of amides is 3. The molecule has 1 heterocycles. The number of halogens is 1. The second-order valence-electron chi connectivity index (χ2n) is 7.94. The van der Waals surface area contributed by atoms with E-state index in [1.54, 1.807) is 6.07 Å². The van der Waals surface area contributed by atoms with Crippen LogP contribution in [0.1, 0.15) is 12.8 Å². The van der Waals surface area contributed by atoms with Crippen LogP contribution in [0.15, 0.2) is 30.4 Å². The Morgan fingerprint density at radius 3 is 2.37 bits per heavy atom. The zero-order valence-corrected chi connectivity index (χ0v) is 15.2. The van der Waals surface area contributed by atoms with E-state index >= 15 is 0 Å². The van der Waals surface area contributed by atoms with Crippen LogP contribution in [0, 0.1) is 35.5 Å². The van der Waals surface area contributed by atoms with Crippen LogP contribution >= 0.6 is 11.6 Å². The number of carbonyl (C=O) groups excluding carboxylic acids is 3. The number of nitrogens with zero attached hydrogens (tertiary/aromatic N) is 1. The Labute approximate surface area is 161 Å². The van der Waals surface area contributed by atoms with Gasteiger partial charge in [0.15, 0.2) is 0 Å². The summed E-state index contributed by atoms with van der Waals surface area (Å²) in [5, 5.41) is 12.8. The first-order chi connectivity index (χ1) is 13.0. The molecule has 27 heavy (non-hydrogen) atoms. The molecule has 0 spiro atoms. The van der Waals surface area contributed by atoms with Gasteiger partial charge in [-0.2, -0.15) is 0 Å². The first-order valence-electron chi connectivity index (χ1n) is 9.27. The number of carbonyl (C=O) groups is 3. The van der Waals surface area contributed by atoms with Crippen LogP contribution in [0.5, 0.6) is 5.75 Å². The van der Waals surface area contributed by atoms with Gasteiger partial charge in [-0.15, -0.1) is 0 Å². The summed E-state index contributed by atoms with van der Waals surface area (Å²) in [5.41, 5.74) is 0.250. The van der Waals surface area contributed by atoms with Gasteiger partial charge in [-0.3, -0.25) is 19.3 Å². The van der Waals surface area contributed by atoms with Crippen LogP contribution in [0.2, 0.25) is 5.02 Å². The molecule has 140 valence electrons. The Bertz CT molecular complexity index is 862. The number of rotatable bonds is 4. The van der Waals surface area contributed by atoms with E-state index < -0.39 is 0 Å². The van der Waals surface area contributed by atoms with Gasteiger partial charge >= 0.3 is 0 Å². The average molecular weight is 387 g/mol. The zero-order chi connectivity index (χ0) is 18.9. The van der Waals surface area contributed by atoms with Crippen LogP contribution in [0.3, 0.4) is 0 Å². The van der Waals surface area contributed by atoms with E-state index in [0.29, 0.717) is 16.9 Å². The van der Waals surface area contributed by atoms with Crippen molar-refractivity contribution in [3.63, 3.8) is 0 Å². The van der Waals surface area contributed by atoms with Crippen molar-refractivity contribution in [3.05, 3.63) is 35.4 Å². The number of anilines is 1. The average Bonchev–Trinajstić information content (AvgIpc) is 3.41. The highest BCUT2D eigenvalue weighted by Gasteiger charge is 2.66. The summed E-state index contributed by atoms with van der Waals surface area (Å²) in [6.45, 7) is 0.0691. The Morgan fingerprint density at radius 2 is 1.78 bits per heavy atom. The molecule has 6 nitrogen and oxygen atoms in total. The molecule has 0 aromatic heterocycles. The SMILES string of the molecule is O=C(CCN1C(=O)[C@@H]2[C@@H]3C=C[C@H]([C@H]4C[C@H]34)[C@@H]2C1=O)Nc1ccc(Cl)cc1O. The Balaban J connectivity index is 1.25. The third-order valence-corrected chi connectivity index (χ3v) is 6.79. The minimum Gasteiger partial charge on any atom is -0.506 e. The fraction of sp³-hybridized carbons (Fsp3) is 0.450. The van der Waals surface area contributed by atoms with Crippen LogP contribution in [-0.4, -0.2) is 34.3 Å². The highest BCUT2D eigenvalue weighted by Crippen LogP contribution is 2.65. The Kier molecular flexibility index (Phi) is 3.63. The molecule has 1 aromatic carbocycles. The molecule has 1 aromatic rings. The lowest BCUT2D eigenvalue weighted by Crippen LogP contribution is -2.40. The third kappa shape index (κ3) is 2.50. The molecule has 3 amide bonds. The monoisotopic (exact) mass is 386 g/mol. The topological polar surface area (TPSA) is 86.7 Å². The van der Waals surface area contributed by atoms with Gasteiger partial charge in [-0.1, -0.05) is 23.8 Å². The lowest BCUT2D eigenvalue weighted by atomic mass is 9.63. The maximum absolute atomic E-state index is 12.9. The Hall–Kier alpha value is -2.34. The van der Waals surface area contributed by atoms with Crippen LogP contribution in [0.25, 0.3) is 0 Å². The van der Waals surface area contributed by atoms with E-state index in [9.17, 15) is 19.5 Å². The highest BCUT2D eigenvalue weighted by molar-refractivity contribution is 6.30. The molecule has 6 rings (SSSR count). The zero-order valence-electron chi connectivity index (χ0n) is 14.5. The number of hydrogen-bond acceptors (Lipinski definition) is 4. The third-order valence-electron chi connectivity index (χ3n) is 6.55. The van der Waals surface area contributed by atoms with Crippen molar-refractivity contribution in [2.75, 3.05) is 11.9 Å².